The van der Waals surface area contributed by atoms with Gasteiger partial charge in [0.05, 0.1) is 0 Å². The first kappa shape index (κ1) is 14.8. The number of aryl methyl sites for hydroxylation is 2. The van der Waals surface area contributed by atoms with Gasteiger partial charge in [0.2, 0.25) is 5.91 Å². The average molecular weight is 321 g/mol. The highest BCUT2D eigenvalue weighted by Gasteiger charge is 2.18. The van der Waals surface area contributed by atoms with Gasteiger partial charge in [0.1, 0.15) is 12.4 Å². The van der Waals surface area contributed by atoms with Gasteiger partial charge in [-0.1, -0.05) is 17.7 Å². The Morgan fingerprint density at radius 2 is 2.23 bits per heavy atom. The smallest absolute Gasteiger partial charge is 0.324 e. The van der Waals surface area contributed by atoms with E-state index in [9.17, 15) is 9.59 Å². The van der Waals surface area contributed by atoms with Crippen molar-refractivity contribution in [1.29, 1.82) is 0 Å². The topological polar surface area (TPSA) is 68.9 Å². The van der Waals surface area contributed by atoms with Gasteiger partial charge in [-0.05, 0) is 37.5 Å². The molecule has 0 aliphatic carbocycles. The second-order valence-electron chi connectivity index (χ2n) is 5.48. The summed E-state index contributed by atoms with van der Waals surface area (Å²) in [4.78, 5) is 24.2. The number of fused-ring (bicyclic) bond motifs is 1. The number of halogens is 1. The van der Waals surface area contributed by atoms with Crippen molar-refractivity contribution >= 4 is 23.2 Å². The van der Waals surface area contributed by atoms with Crippen molar-refractivity contribution in [2.24, 2.45) is 0 Å². The fourth-order valence-electron chi connectivity index (χ4n) is 2.56. The van der Waals surface area contributed by atoms with E-state index in [-0.39, 0.29) is 18.1 Å². The molecule has 116 valence electrons. The molecule has 3 rings (SSSR count). The first-order valence-corrected chi connectivity index (χ1v) is 7.65. The maximum atomic E-state index is 12.2. The number of amides is 1. The molecule has 0 saturated carbocycles. The van der Waals surface area contributed by atoms with E-state index in [1.807, 2.05) is 13.0 Å². The van der Waals surface area contributed by atoms with Crippen molar-refractivity contribution in [3.63, 3.8) is 0 Å². The number of carbonyl (C=O) groups is 1. The minimum absolute atomic E-state index is 0.0929. The molecule has 6 nitrogen and oxygen atoms in total. The molecule has 1 amide bonds. The third-order valence-corrected chi connectivity index (χ3v) is 4.19. The zero-order valence-corrected chi connectivity index (χ0v) is 13.1. The summed E-state index contributed by atoms with van der Waals surface area (Å²) in [6, 6.07) is 5.30. The number of nitrogens with zero attached hydrogens (tertiary/aromatic N) is 3. The van der Waals surface area contributed by atoms with Gasteiger partial charge in [0, 0.05) is 23.7 Å². The van der Waals surface area contributed by atoms with Crippen LogP contribution in [0.2, 0.25) is 5.02 Å². The maximum absolute atomic E-state index is 12.2. The molecule has 0 fully saturated rings. The largest absolute Gasteiger partial charge is 0.346 e. The highest BCUT2D eigenvalue weighted by atomic mass is 35.5. The zero-order chi connectivity index (χ0) is 15.7. The summed E-state index contributed by atoms with van der Waals surface area (Å²) in [5.74, 6) is 0.472. The van der Waals surface area contributed by atoms with Crippen LogP contribution in [0.3, 0.4) is 0 Å². The molecule has 7 heteroatoms. The molecule has 1 aromatic heterocycles. The first-order chi connectivity index (χ1) is 10.5. The Bertz CT molecular complexity index is 778. The standard InChI is InChI=1S/C15H17ClN4O2/c1-10-5-6-11(8-12(10)16)17-14(21)9-20-15(22)19-7-3-2-4-13(19)18-20/h5-6,8H,2-4,7,9H2,1H3,(H,17,21). The highest BCUT2D eigenvalue weighted by Crippen LogP contribution is 2.19. The Morgan fingerprint density at radius 1 is 1.41 bits per heavy atom. The number of benzene rings is 1. The van der Waals surface area contributed by atoms with E-state index < -0.39 is 0 Å². The number of hydrogen-bond donors (Lipinski definition) is 1. The van der Waals surface area contributed by atoms with Crippen LogP contribution < -0.4 is 11.0 Å². The third kappa shape index (κ3) is 2.92. The molecule has 0 atom stereocenters. The van der Waals surface area contributed by atoms with Crippen molar-refractivity contribution in [1.82, 2.24) is 14.3 Å². The second-order valence-corrected chi connectivity index (χ2v) is 5.88. The predicted molar refractivity (Wildman–Crippen MR) is 84.2 cm³/mol. The van der Waals surface area contributed by atoms with Crippen molar-refractivity contribution < 1.29 is 4.79 Å². The van der Waals surface area contributed by atoms with Gasteiger partial charge in [-0.3, -0.25) is 9.36 Å². The van der Waals surface area contributed by atoms with Crippen molar-refractivity contribution in [3.8, 4) is 0 Å². The summed E-state index contributed by atoms with van der Waals surface area (Å²) in [5, 5.41) is 7.57. The van der Waals surface area contributed by atoms with Gasteiger partial charge in [0.25, 0.3) is 0 Å². The van der Waals surface area contributed by atoms with Gasteiger partial charge in [-0.25, -0.2) is 9.48 Å². The highest BCUT2D eigenvalue weighted by molar-refractivity contribution is 6.31. The Morgan fingerprint density at radius 3 is 2.95 bits per heavy atom. The van der Waals surface area contributed by atoms with E-state index in [0.29, 0.717) is 17.3 Å². The van der Waals surface area contributed by atoms with Gasteiger partial charge in [-0.2, -0.15) is 5.10 Å². The molecule has 0 unspecified atom stereocenters. The Balaban J connectivity index is 1.73. The summed E-state index contributed by atoms with van der Waals surface area (Å²) in [5.41, 5.74) is 1.34. The fourth-order valence-corrected chi connectivity index (χ4v) is 2.74. The van der Waals surface area contributed by atoms with Crippen LogP contribution in [0.15, 0.2) is 23.0 Å². The molecule has 1 aliphatic heterocycles. The first-order valence-electron chi connectivity index (χ1n) is 7.27. The number of carbonyl (C=O) groups excluding carboxylic acids is 1. The molecule has 1 aromatic carbocycles. The number of anilines is 1. The average Bonchev–Trinajstić information content (AvgIpc) is 2.80. The lowest BCUT2D eigenvalue weighted by atomic mass is 10.2. The molecule has 2 heterocycles. The number of rotatable bonds is 3. The quantitative estimate of drug-likeness (QED) is 0.940. The van der Waals surface area contributed by atoms with Crippen LogP contribution in [0.1, 0.15) is 24.2 Å². The minimum atomic E-state index is -0.294. The molecule has 0 bridgehead atoms. The minimum Gasteiger partial charge on any atom is -0.324 e. The predicted octanol–water partition coefficient (Wildman–Crippen LogP) is 1.98. The normalized spacial score (nSPS) is 13.7. The molecule has 0 saturated heterocycles. The summed E-state index contributed by atoms with van der Waals surface area (Å²) in [7, 11) is 0. The molecule has 2 aromatic rings. The van der Waals surface area contributed by atoms with Crippen molar-refractivity contribution in [2.75, 3.05) is 5.32 Å². The summed E-state index contributed by atoms with van der Waals surface area (Å²) in [6.45, 7) is 2.48. The van der Waals surface area contributed by atoms with Gasteiger partial charge in [0.15, 0.2) is 0 Å². The van der Waals surface area contributed by atoms with Crippen molar-refractivity contribution in [2.45, 2.75) is 39.3 Å². The maximum Gasteiger partial charge on any atom is 0.346 e. The molecule has 1 N–H and O–H groups in total. The van der Waals surface area contributed by atoms with Crippen LogP contribution in [0, 0.1) is 6.92 Å². The number of nitrogens with one attached hydrogen (secondary N) is 1. The van der Waals surface area contributed by atoms with Crippen LogP contribution in [-0.4, -0.2) is 20.3 Å². The van der Waals surface area contributed by atoms with Crippen LogP contribution in [0.5, 0.6) is 0 Å². The molecule has 0 spiro atoms. The number of hydrogen-bond acceptors (Lipinski definition) is 3. The fraction of sp³-hybridized carbons (Fsp3) is 0.400. The van der Waals surface area contributed by atoms with Gasteiger partial charge < -0.3 is 5.32 Å². The summed E-state index contributed by atoms with van der Waals surface area (Å²) < 4.78 is 2.88. The molecule has 22 heavy (non-hydrogen) atoms. The Kier molecular flexibility index (Phi) is 4.02. The van der Waals surface area contributed by atoms with E-state index in [2.05, 4.69) is 10.4 Å². The summed E-state index contributed by atoms with van der Waals surface area (Å²) in [6.07, 6.45) is 2.80. The van der Waals surface area contributed by atoms with Gasteiger partial charge >= 0.3 is 5.69 Å². The van der Waals surface area contributed by atoms with E-state index in [1.54, 1.807) is 16.7 Å². The van der Waals surface area contributed by atoms with E-state index in [1.165, 1.54) is 4.68 Å². The van der Waals surface area contributed by atoms with E-state index in [4.69, 9.17) is 11.6 Å². The Labute approximate surface area is 132 Å². The van der Waals surface area contributed by atoms with E-state index >= 15 is 0 Å². The third-order valence-electron chi connectivity index (χ3n) is 3.78. The second kappa shape index (κ2) is 5.96. The molecular formula is C15H17ClN4O2. The zero-order valence-electron chi connectivity index (χ0n) is 12.3. The van der Waals surface area contributed by atoms with E-state index in [0.717, 1.165) is 30.7 Å². The SMILES string of the molecule is Cc1ccc(NC(=O)Cn2nc3n(c2=O)CCCC3)cc1Cl. The van der Waals surface area contributed by atoms with Crippen LogP contribution in [0.25, 0.3) is 0 Å². The lowest BCUT2D eigenvalue weighted by molar-refractivity contribution is -0.117. The van der Waals surface area contributed by atoms with Crippen LogP contribution in [-0.2, 0) is 24.3 Å². The van der Waals surface area contributed by atoms with Crippen molar-refractivity contribution in [3.05, 3.63) is 45.1 Å². The monoisotopic (exact) mass is 320 g/mol. The Hall–Kier alpha value is -2.08. The van der Waals surface area contributed by atoms with Crippen LogP contribution in [0.4, 0.5) is 5.69 Å². The number of aromatic nitrogens is 3. The molecule has 1 aliphatic rings. The lowest BCUT2D eigenvalue weighted by Crippen LogP contribution is -2.30. The molecular weight excluding hydrogens is 304 g/mol. The lowest BCUT2D eigenvalue weighted by Gasteiger charge is -2.09. The van der Waals surface area contributed by atoms with Gasteiger partial charge in [-0.15, -0.1) is 0 Å². The summed E-state index contributed by atoms with van der Waals surface area (Å²) >= 11 is 6.03. The van der Waals surface area contributed by atoms with Crippen LogP contribution >= 0.6 is 11.6 Å². The molecule has 0 radical (unpaired) electrons.